The van der Waals surface area contributed by atoms with E-state index in [0.29, 0.717) is 22.3 Å². The van der Waals surface area contributed by atoms with E-state index in [1.807, 2.05) is 97.1 Å². The van der Waals surface area contributed by atoms with Crippen LogP contribution >= 0.6 is 0 Å². The molecule has 1 heteroatoms. The maximum absolute atomic E-state index is 9.06. The number of furan rings is 1. The normalized spacial score (nSPS) is 14.1. The van der Waals surface area contributed by atoms with Gasteiger partial charge in [0.05, 0.1) is 13.7 Å². The van der Waals surface area contributed by atoms with E-state index >= 15 is 0 Å². The van der Waals surface area contributed by atoms with Crippen molar-refractivity contribution in [3.63, 3.8) is 0 Å². The molecule has 0 spiro atoms. The third-order valence-corrected chi connectivity index (χ3v) is 11.6. The highest BCUT2D eigenvalue weighted by Crippen LogP contribution is 2.47. The molecular formula is C58H36O. The average molecular weight is 759 g/mol. The lowest BCUT2D eigenvalue weighted by atomic mass is 9.83. The highest BCUT2D eigenvalue weighted by molar-refractivity contribution is 6.26. The van der Waals surface area contributed by atoms with Gasteiger partial charge in [-0.15, -0.1) is 0 Å². The van der Waals surface area contributed by atoms with Gasteiger partial charge in [0.25, 0.3) is 0 Å². The number of benzene rings is 11. The smallest absolute Gasteiger partial charge is 0.143 e. The van der Waals surface area contributed by atoms with Crippen molar-refractivity contribution in [2.24, 2.45) is 0 Å². The minimum atomic E-state index is -0.450. The molecule has 0 radical (unpaired) electrons. The molecule has 12 rings (SSSR count). The summed E-state index contributed by atoms with van der Waals surface area (Å²) in [6.45, 7) is 0. The van der Waals surface area contributed by atoms with Crippen LogP contribution in [0.5, 0.6) is 0 Å². The molecular weight excluding hydrogens is 713 g/mol. The molecule has 0 atom stereocenters. The lowest BCUT2D eigenvalue weighted by Gasteiger charge is -2.20. The summed E-state index contributed by atoms with van der Waals surface area (Å²) in [5.41, 5.74) is 8.19. The minimum absolute atomic E-state index is 0.0862. The fraction of sp³-hybridized carbons (Fsp3) is 0. The summed E-state index contributed by atoms with van der Waals surface area (Å²) in [6.07, 6.45) is 0. The summed E-state index contributed by atoms with van der Waals surface area (Å²) in [5, 5.41) is 8.98. The monoisotopic (exact) mass is 758 g/mol. The van der Waals surface area contributed by atoms with Crippen LogP contribution in [0.2, 0.25) is 0 Å². The Hall–Kier alpha value is -7.74. The first-order valence-electron chi connectivity index (χ1n) is 24.5. The van der Waals surface area contributed by atoms with Gasteiger partial charge in [-0.1, -0.05) is 188 Å². The Morgan fingerprint density at radius 2 is 0.864 bits per heavy atom. The number of para-hydroxylation sites is 1. The number of fused-ring (bicyclic) bond motifs is 8. The molecule has 11 aromatic carbocycles. The predicted molar refractivity (Wildman–Crippen MR) is 251 cm³/mol. The van der Waals surface area contributed by atoms with E-state index in [-0.39, 0.29) is 47.4 Å². The summed E-state index contributed by atoms with van der Waals surface area (Å²) < 4.78 is 92.4. The van der Waals surface area contributed by atoms with Crippen molar-refractivity contribution in [1.29, 1.82) is 0 Å². The van der Waals surface area contributed by atoms with E-state index in [1.165, 1.54) is 0 Å². The number of hydrogen-bond acceptors (Lipinski definition) is 1. The first kappa shape index (κ1) is 24.8. The summed E-state index contributed by atoms with van der Waals surface area (Å²) in [6, 6.07) is 49.3. The Balaban J connectivity index is 1.11. The maximum atomic E-state index is 9.06. The second-order valence-electron chi connectivity index (χ2n) is 14.8. The standard InChI is InChI=1S/C58H36O/c1-4-15-37(16-5-1)41-28-31-46-53(34-41)44-30-27-40(42-29-32-47-52-26-14-25-45(38-17-6-2-7-18-38)58(52)59-55(47)36-42)33-43(44)35-54(46)57-50-23-12-10-21-48(50)56(39-19-8-3-9-20-39)49-22-11-13-24-51(49)57/h1-36H/i2D,3D,6D,7D,8D,9D,17D,18D,19D,20D. The van der Waals surface area contributed by atoms with E-state index in [9.17, 15) is 0 Å². The van der Waals surface area contributed by atoms with Gasteiger partial charge >= 0.3 is 0 Å². The summed E-state index contributed by atoms with van der Waals surface area (Å²) >= 11 is 0. The van der Waals surface area contributed by atoms with Crippen LogP contribution in [-0.2, 0) is 0 Å². The lowest BCUT2D eigenvalue weighted by Crippen LogP contribution is -1.93. The van der Waals surface area contributed by atoms with E-state index in [2.05, 4.69) is 54.6 Å². The molecule has 1 heterocycles. The Morgan fingerprint density at radius 3 is 1.56 bits per heavy atom. The van der Waals surface area contributed by atoms with Crippen molar-refractivity contribution < 1.29 is 18.1 Å². The average Bonchev–Trinajstić information content (AvgIpc) is 3.77. The summed E-state index contributed by atoms with van der Waals surface area (Å²) in [4.78, 5) is 0. The number of rotatable bonds is 5. The van der Waals surface area contributed by atoms with Crippen molar-refractivity contribution in [1.82, 2.24) is 0 Å². The van der Waals surface area contributed by atoms with Crippen LogP contribution in [0, 0.1) is 0 Å². The molecule has 12 aromatic rings. The molecule has 0 saturated carbocycles. The third kappa shape index (κ3) is 5.40. The molecule has 1 aromatic heterocycles. The fourth-order valence-electron chi connectivity index (χ4n) is 8.98. The highest BCUT2D eigenvalue weighted by atomic mass is 16.3. The van der Waals surface area contributed by atoms with Crippen LogP contribution in [0.1, 0.15) is 13.7 Å². The van der Waals surface area contributed by atoms with Crippen LogP contribution < -0.4 is 0 Å². The number of hydrogen-bond donors (Lipinski definition) is 0. The Bertz CT molecular complexity index is 4080. The van der Waals surface area contributed by atoms with Crippen molar-refractivity contribution in [2.45, 2.75) is 0 Å². The zero-order chi connectivity index (χ0) is 47.6. The first-order valence-corrected chi connectivity index (χ1v) is 19.5. The third-order valence-electron chi connectivity index (χ3n) is 11.6. The maximum Gasteiger partial charge on any atom is 0.143 e. The molecule has 0 amide bonds. The molecule has 0 unspecified atom stereocenters. The van der Waals surface area contributed by atoms with Crippen LogP contribution in [0.4, 0.5) is 0 Å². The second kappa shape index (κ2) is 13.4. The van der Waals surface area contributed by atoms with Gasteiger partial charge in [-0.3, -0.25) is 0 Å². The van der Waals surface area contributed by atoms with Gasteiger partial charge in [0.15, 0.2) is 0 Å². The molecule has 59 heavy (non-hydrogen) atoms. The molecule has 0 saturated heterocycles. The van der Waals surface area contributed by atoms with Crippen molar-refractivity contribution in [3.8, 4) is 55.6 Å². The molecule has 0 aliphatic rings. The molecule has 0 bridgehead atoms. The van der Waals surface area contributed by atoms with Gasteiger partial charge in [-0.25, -0.2) is 0 Å². The predicted octanol–water partition coefficient (Wildman–Crippen LogP) is 16.5. The summed E-state index contributed by atoms with van der Waals surface area (Å²) in [5.74, 6) is 0. The van der Waals surface area contributed by atoms with Crippen molar-refractivity contribution in [3.05, 3.63) is 218 Å². The van der Waals surface area contributed by atoms with Gasteiger partial charge < -0.3 is 4.42 Å². The Labute approximate surface area is 356 Å². The first-order chi connectivity index (χ1) is 33.4. The van der Waals surface area contributed by atoms with Crippen LogP contribution in [-0.4, -0.2) is 0 Å². The van der Waals surface area contributed by atoms with Crippen molar-refractivity contribution >= 4 is 65.0 Å². The van der Waals surface area contributed by atoms with Gasteiger partial charge in [0, 0.05) is 16.3 Å². The van der Waals surface area contributed by atoms with Crippen LogP contribution in [0.3, 0.4) is 0 Å². The van der Waals surface area contributed by atoms with Crippen molar-refractivity contribution in [2.75, 3.05) is 0 Å². The zero-order valence-corrected chi connectivity index (χ0v) is 31.4. The second-order valence-corrected chi connectivity index (χ2v) is 14.8. The van der Waals surface area contributed by atoms with Gasteiger partial charge in [-0.05, 0) is 123 Å². The Kier molecular flexibility index (Phi) is 5.65. The van der Waals surface area contributed by atoms with Crippen LogP contribution in [0.15, 0.2) is 223 Å². The SMILES string of the molecule is [2H]c1c([2H])c([2H])c(-c2c3ccccc3c(-c3cc4cc(-c5ccc6c(c5)oc5c(-c7c([2H])c([2H])c([2H])c([2H])c7[2H])cccc56)ccc4c4cc(-c5ccccc5)ccc34)c3ccccc23)c([2H])c1[2H]. The topological polar surface area (TPSA) is 13.1 Å². The van der Waals surface area contributed by atoms with Gasteiger partial charge in [-0.2, -0.15) is 0 Å². The van der Waals surface area contributed by atoms with E-state index in [0.717, 1.165) is 87.2 Å². The molecule has 0 N–H and O–H groups in total. The molecule has 1 nitrogen and oxygen atoms in total. The molecule has 0 fully saturated rings. The molecule has 0 aliphatic heterocycles. The highest BCUT2D eigenvalue weighted by Gasteiger charge is 2.20. The van der Waals surface area contributed by atoms with Gasteiger partial charge in [0.2, 0.25) is 0 Å². The largest absolute Gasteiger partial charge is 0.455 e. The quantitative estimate of drug-likeness (QED) is 0.126. The zero-order valence-electron chi connectivity index (χ0n) is 41.4. The molecule has 274 valence electrons. The summed E-state index contributed by atoms with van der Waals surface area (Å²) in [7, 11) is 0. The van der Waals surface area contributed by atoms with Gasteiger partial charge in [0.1, 0.15) is 11.2 Å². The van der Waals surface area contributed by atoms with E-state index in [1.54, 1.807) is 6.07 Å². The van der Waals surface area contributed by atoms with E-state index < -0.39 is 24.2 Å². The lowest BCUT2D eigenvalue weighted by molar-refractivity contribution is 0.670. The fourth-order valence-corrected chi connectivity index (χ4v) is 8.98. The molecule has 0 aliphatic carbocycles. The van der Waals surface area contributed by atoms with Crippen LogP contribution in [0.25, 0.3) is 121 Å². The minimum Gasteiger partial charge on any atom is -0.455 e. The Morgan fingerprint density at radius 1 is 0.305 bits per heavy atom. The van der Waals surface area contributed by atoms with E-state index in [4.69, 9.17) is 18.1 Å².